The van der Waals surface area contributed by atoms with Gasteiger partial charge in [-0.05, 0) is 66.8 Å². The van der Waals surface area contributed by atoms with Gasteiger partial charge in [-0.1, -0.05) is 40.2 Å². The summed E-state index contributed by atoms with van der Waals surface area (Å²) in [6.45, 7) is 9.17. The van der Waals surface area contributed by atoms with Crippen LogP contribution in [0.2, 0.25) is 0 Å². The number of hydrogen-bond acceptors (Lipinski definition) is 3. The van der Waals surface area contributed by atoms with Gasteiger partial charge in [-0.15, -0.1) is 0 Å². The molecule has 1 unspecified atom stereocenters. The molecule has 2 fully saturated rings. The molecule has 0 amide bonds. The molecule has 0 spiro atoms. The number of aliphatic hydroxyl groups excluding tert-OH is 2. The third-order valence-electron chi connectivity index (χ3n) is 7.33. The van der Waals surface area contributed by atoms with Crippen molar-refractivity contribution < 1.29 is 15.3 Å². The van der Waals surface area contributed by atoms with Crippen LogP contribution in [0.3, 0.4) is 0 Å². The zero-order valence-corrected chi connectivity index (χ0v) is 15.4. The summed E-state index contributed by atoms with van der Waals surface area (Å²) < 4.78 is 0. The lowest BCUT2D eigenvalue weighted by Gasteiger charge is -2.63. The molecule has 0 radical (unpaired) electrons. The molecule has 23 heavy (non-hydrogen) atoms. The fourth-order valence-electron chi connectivity index (χ4n) is 5.83. The number of fused-ring (bicyclic) bond motifs is 1. The van der Waals surface area contributed by atoms with E-state index in [0.717, 1.165) is 18.4 Å². The molecular weight excluding hydrogens is 288 g/mol. The summed E-state index contributed by atoms with van der Waals surface area (Å²) in [6, 6.07) is 0. The van der Waals surface area contributed by atoms with E-state index < -0.39 is 5.60 Å². The second kappa shape index (κ2) is 6.85. The molecule has 2 aliphatic carbocycles. The smallest absolute Gasteiger partial charge is 0.0732 e. The average molecular weight is 325 g/mol. The third kappa shape index (κ3) is 3.25. The third-order valence-corrected chi connectivity index (χ3v) is 7.33. The minimum Gasteiger partial charge on any atom is -0.392 e. The van der Waals surface area contributed by atoms with Gasteiger partial charge in [-0.3, -0.25) is 0 Å². The van der Waals surface area contributed by atoms with Gasteiger partial charge < -0.3 is 15.3 Å². The van der Waals surface area contributed by atoms with E-state index >= 15 is 0 Å². The Bertz CT molecular complexity index is 442. The molecule has 0 aromatic rings. The van der Waals surface area contributed by atoms with Gasteiger partial charge >= 0.3 is 0 Å². The molecule has 3 N–H and O–H groups in total. The molecule has 0 bridgehead atoms. The highest BCUT2D eigenvalue weighted by Crippen LogP contribution is 2.63. The van der Waals surface area contributed by atoms with Crippen LogP contribution in [0.1, 0.15) is 72.6 Å². The van der Waals surface area contributed by atoms with Crippen LogP contribution in [0.25, 0.3) is 0 Å². The minimum absolute atomic E-state index is 0.0311. The highest BCUT2D eigenvalue weighted by Gasteiger charge is 2.60. The van der Waals surface area contributed by atoms with Gasteiger partial charge in [0.25, 0.3) is 0 Å². The van der Waals surface area contributed by atoms with E-state index in [0.29, 0.717) is 24.2 Å². The van der Waals surface area contributed by atoms with Gasteiger partial charge in [0, 0.05) is 0 Å². The van der Waals surface area contributed by atoms with E-state index in [4.69, 9.17) is 5.11 Å². The Hall–Kier alpha value is -0.380. The molecule has 3 nitrogen and oxygen atoms in total. The molecule has 2 aliphatic rings. The van der Waals surface area contributed by atoms with E-state index in [1.807, 2.05) is 0 Å². The van der Waals surface area contributed by atoms with Crippen molar-refractivity contribution in [2.24, 2.45) is 22.7 Å². The Morgan fingerprint density at radius 2 is 1.83 bits per heavy atom. The van der Waals surface area contributed by atoms with Gasteiger partial charge in [0.05, 0.1) is 18.8 Å². The molecule has 2 rings (SSSR count). The van der Waals surface area contributed by atoms with E-state index in [-0.39, 0.29) is 24.5 Å². The summed E-state index contributed by atoms with van der Waals surface area (Å²) in [4.78, 5) is 0. The van der Waals surface area contributed by atoms with Crippen LogP contribution in [0, 0.1) is 22.7 Å². The maximum atomic E-state index is 11.8. The molecule has 3 heteroatoms. The predicted molar refractivity (Wildman–Crippen MR) is 94.1 cm³/mol. The Labute approximate surface area is 141 Å². The van der Waals surface area contributed by atoms with Crippen molar-refractivity contribution in [3.8, 4) is 0 Å². The number of rotatable bonds is 5. The van der Waals surface area contributed by atoms with Gasteiger partial charge in [0.2, 0.25) is 0 Å². The zero-order valence-electron chi connectivity index (χ0n) is 15.4. The topological polar surface area (TPSA) is 60.7 Å². The summed E-state index contributed by atoms with van der Waals surface area (Å²) in [5.74, 6) is 0.844. The molecule has 0 aliphatic heterocycles. The van der Waals surface area contributed by atoms with Crippen LogP contribution >= 0.6 is 0 Å². The van der Waals surface area contributed by atoms with Crippen LogP contribution in [0.5, 0.6) is 0 Å². The van der Waals surface area contributed by atoms with E-state index in [9.17, 15) is 10.2 Å². The summed E-state index contributed by atoms with van der Waals surface area (Å²) in [6.07, 6.45) is 8.87. The van der Waals surface area contributed by atoms with Crippen molar-refractivity contribution in [1.29, 1.82) is 0 Å². The average Bonchev–Trinajstić information content (AvgIpc) is 2.48. The van der Waals surface area contributed by atoms with Crippen LogP contribution in [0.4, 0.5) is 0 Å². The van der Waals surface area contributed by atoms with Crippen molar-refractivity contribution in [2.45, 2.75) is 78.2 Å². The maximum absolute atomic E-state index is 11.8. The van der Waals surface area contributed by atoms with Crippen molar-refractivity contribution in [2.75, 3.05) is 13.2 Å². The summed E-state index contributed by atoms with van der Waals surface area (Å²) in [5, 5.41) is 30.3. The standard InChI is InChI=1S/C20H36O3/c1-15-6-7-17-18(2,3)10-5-11-19(17,4)20(15,23)12-8-16(14-22)9-13-21/h9,15,17,21-23H,5-8,10-14H2,1-4H3/b16-9-/t15-,17?,19-,20-/m1/s1. The van der Waals surface area contributed by atoms with Crippen LogP contribution in [0.15, 0.2) is 11.6 Å². The van der Waals surface area contributed by atoms with Gasteiger partial charge in [0.15, 0.2) is 0 Å². The maximum Gasteiger partial charge on any atom is 0.0732 e. The lowest BCUT2D eigenvalue weighted by atomic mass is 9.44. The second-order valence-corrected chi connectivity index (χ2v) is 8.92. The first-order valence-corrected chi connectivity index (χ1v) is 9.33. The molecule has 0 aromatic carbocycles. The quantitative estimate of drug-likeness (QED) is 0.676. The fourth-order valence-corrected chi connectivity index (χ4v) is 5.83. The fraction of sp³-hybridized carbons (Fsp3) is 0.900. The zero-order chi connectivity index (χ0) is 17.3. The first-order chi connectivity index (χ1) is 10.7. The van der Waals surface area contributed by atoms with Gasteiger partial charge in [0.1, 0.15) is 0 Å². The van der Waals surface area contributed by atoms with Crippen LogP contribution < -0.4 is 0 Å². The Morgan fingerprint density at radius 3 is 2.43 bits per heavy atom. The molecule has 134 valence electrons. The number of hydrogen-bond donors (Lipinski definition) is 3. The Kier molecular flexibility index (Phi) is 5.65. The lowest BCUT2D eigenvalue weighted by molar-refractivity contribution is -0.211. The minimum atomic E-state index is -0.683. The van der Waals surface area contributed by atoms with Crippen LogP contribution in [-0.4, -0.2) is 34.1 Å². The molecule has 0 aromatic heterocycles. The molecule has 0 heterocycles. The first kappa shape index (κ1) is 19.0. The predicted octanol–water partition coefficient (Wildman–Crippen LogP) is 3.67. The second-order valence-electron chi connectivity index (χ2n) is 8.92. The monoisotopic (exact) mass is 324 g/mol. The lowest BCUT2D eigenvalue weighted by Crippen LogP contribution is -2.62. The van der Waals surface area contributed by atoms with E-state index in [1.165, 1.54) is 19.3 Å². The van der Waals surface area contributed by atoms with E-state index in [1.54, 1.807) is 6.08 Å². The van der Waals surface area contributed by atoms with Crippen molar-refractivity contribution in [3.05, 3.63) is 11.6 Å². The Balaban J connectivity index is 2.27. The van der Waals surface area contributed by atoms with Crippen molar-refractivity contribution in [1.82, 2.24) is 0 Å². The summed E-state index contributed by atoms with van der Waals surface area (Å²) in [7, 11) is 0. The SMILES string of the molecule is C[C@@H]1CCC2C(C)(C)CCC[C@@]2(C)[C@@]1(O)CC/C(=C/CO)CO. The van der Waals surface area contributed by atoms with Gasteiger partial charge in [-0.25, -0.2) is 0 Å². The van der Waals surface area contributed by atoms with Crippen molar-refractivity contribution in [3.63, 3.8) is 0 Å². The molecular formula is C20H36O3. The largest absolute Gasteiger partial charge is 0.392 e. The van der Waals surface area contributed by atoms with E-state index in [2.05, 4.69) is 27.7 Å². The highest BCUT2D eigenvalue weighted by molar-refractivity contribution is 5.13. The number of aliphatic hydroxyl groups is 3. The first-order valence-electron chi connectivity index (χ1n) is 9.33. The summed E-state index contributed by atoms with van der Waals surface area (Å²) in [5.41, 5.74) is 0.402. The van der Waals surface area contributed by atoms with Crippen LogP contribution in [-0.2, 0) is 0 Å². The normalized spacial score (nSPS) is 40.7. The molecule has 2 saturated carbocycles. The van der Waals surface area contributed by atoms with Gasteiger partial charge in [-0.2, -0.15) is 0 Å². The summed E-state index contributed by atoms with van der Waals surface area (Å²) >= 11 is 0. The molecule has 0 saturated heterocycles. The van der Waals surface area contributed by atoms with Crippen molar-refractivity contribution >= 4 is 0 Å². The highest BCUT2D eigenvalue weighted by atomic mass is 16.3. The Morgan fingerprint density at radius 1 is 1.13 bits per heavy atom. The molecule has 4 atom stereocenters.